The van der Waals surface area contributed by atoms with Gasteiger partial charge in [0.05, 0.1) is 26.8 Å². The van der Waals surface area contributed by atoms with Crippen LogP contribution in [0.1, 0.15) is 15.9 Å². The molecule has 0 spiro atoms. The molecule has 0 radical (unpaired) electrons. The second-order valence-corrected chi connectivity index (χ2v) is 11.5. The summed E-state index contributed by atoms with van der Waals surface area (Å²) in [6.45, 7) is 0.0807. The first-order valence-corrected chi connectivity index (χ1v) is 14.6. The van der Waals surface area contributed by atoms with Crippen LogP contribution in [0.4, 0.5) is 20.9 Å². The zero-order chi connectivity index (χ0) is 30.1. The van der Waals surface area contributed by atoms with Crippen LogP contribution in [0.5, 0.6) is 0 Å². The molecule has 2 atom stereocenters. The van der Waals surface area contributed by atoms with E-state index in [2.05, 4.69) is 15.6 Å². The molecule has 43 heavy (non-hydrogen) atoms. The molecule has 1 fully saturated rings. The maximum absolute atomic E-state index is 13.6. The van der Waals surface area contributed by atoms with E-state index in [1.54, 1.807) is 48.5 Å². The largest absolute Gasteiger partial charge is 0.349 e. The first-order valence-electron chi connectivity index (χ1n) is 13.0. The van der Waals surface area contributed by atoms with Crippen molar-refractivity contribution < 1.29 is 23.5 Å². The molecule has 8 nitrogen and oxygen atoms in total. The Morgan fingerprint density at radius 2 is 1.63 bits per heavy atom. The van der Waals surface area contributed by atoms with Crippen molar-refractivity contribution in [1.29, 1.82) is 0 Å². The predicted molar refractivity (Wildman–Crippen MR) is 165 cm³/mol. The van der Waals surface area contributed by atoms with E-state index in [9.17, 15) is 18.8 Å². The number of ether oxygens (including phenoxy) is 1. The quantitative estimate of drug-likeness (QED) is 0.180. The maximum atomic E-state index is 13.6. The minimum absolute atomic E-state index is 0.0807. The van der Waals surface area contributed by atoms with Crippen molar-refractivity contribution >= 4 is 79.0 Å². The molecule has 4 aromatic carbocycles. The Morgan fingerprint density at radius 3 is 2.35 bits per heavy atom. The number of para-hydroxylation sites is 1. The molecule has 5 aromatic rings. The van der Waals surface area contributed by atoms with E-state index in [0.717, 1.165) is 10.2 Å². The van der Waals surface area contributed by atoms with E-state index in [-0.39, 0.29) is 17.5 Å². The molecule has 1 saturated heterocycles. The van der Waals surface area contributed by atoms with Crippen LogP contribution in [-0.4, -0.2) is 34.9 Å². The summed E-state index contributed by atoms with van der Waals surface area (Å²) in [4.78, 5) is 45.2. The Hall–Kier alpha value is -4.35. The molecule has 1 aliphatic rings. The molecule has 1 aromatic heterocycles. The van der Waals surface area contributed by atoms with Gasteiger partial charge in [-0.3, -0.25) is 19.7 Å². The molecule has 3 amide bonds. The number of thiazole rings is 1. The number of anilines is 3. The molecule has 2 unspecified atom stereocenters. The van der Waals surface area contributed by atoms with Gasteiger partial charge in [-0.2, -0.15) is 0 Å². The van der Waals surface area contributed by atoms with Crippen molar-refractivity contribution in [2.75, 3.05) is 15.5 Å². The number of nitrogens with zero attached hydrogens (tertiary/aromatic N) is 2. The van der Waals surface area contributed by atoms with Crippen molar-refractivity contribution in [1.82, 2.24) is 4.98 Å². The third-order valence-electron chi connectivity index (χ3n) is 6.66. The van der Waals surface area contributed by atoms with Crippen LogP contribution in [0.15, 0.2) is 91.0 Å². The zero-order valence-electron chi connectivity index (χ0n) is 22.1. The third-order valence-corrected chi connectivity index (χ3v) is 8.35. The first-order chi connectivity index (χ1) is 20.7. The van der Waals surface area contributed by atoms with Crippen LogP contribution in [0, 0.1) is 5.82 Å². The normalized spacial score (nSPS) is 15.6. The van der Waals surface area contributed by atoms with E-state index >= 15 is 0 Å². The van der Waals surface area contributed by atoms with Crippen LogP contribution in [-0.2, 0) is 20.9 Å². The Kier molecular flexibility index (Phi) is 8.09. The molecule has 1 aliphatic heterocycles. The van der Waals surface area contributed by atoms with Gasteiger partial charge in [0.25, 0.3) is 17.7 Å². The first kappa shape index (κ1) is 28.8. The number of amides is 3. The molecule has 2 N–H and O–H groups in total. The van der Waals surface area contributed by atoms with E-state index in [4.69, 9.17) is 27.9 Å². The number of aromatic nitrogens is 1. The second-order valence-electron chi connectivity index (χ2n) is 9.63. The summed E-state index contributed by atoms with van der Waals surface area (Å²) in [6, 6.07) is 24.4. The fraction of sp³-hybridized carbons (Fsp3) is 0.0968. The van der Waals surface area contributed by atoms with Crippen molar-refractivity contribution in [2.24, 2.45) is 0 Å². The average Bonchev–Trinajstić information content (AvgIpc) is 3.71. The highest BCUT2D eigenvalue weighted by Crippen LogP contribution is 2.31. The highest BCUT2D eigenvalue weighted by Gasteiger charge is 2.52. The maximum Gasteiger partial charge on any atom is 0.259 e. The monoisotopic (exact) mass is 634 g/mol. The van der Waals surface area contributed by atoms with Gasteiger partial charge in [0.1, 0.15) is 5.82 Å². The number of hydrogen-bond donors (Lipinski definition) is 2. The van der Waals surface area contributed by atoms with Gasteiger partial charge in [0, 0.05) is 16.9 Å². The lowest BCUT2D eigenvalue weighted by Gasteiger charge is -2.23. The van der Waals surface area contributed by atoms with E-state index in [1.807, 2.05) is 24.3 Å². The Bertz CT molecular complexity index is 1820. The van der Waals surface area contributed by atoms with Crippen molar-refractivity contribution in [3.8, 4) is 0 Å². The zero-order valence-corrected chi connectivity index (χ0v) is 24.4. The minimum atomic E-state index is -1.04. The molecule has 6 rings (SSSR count). The van der Waals surface area contributed by atoms with Crippen LogP contribution in [0.3, 0.4) is 0 Å². The molecule has 12 heteroatoms. The summed E-state index contributed by atoms with van der Waals surface area (Å²) in [5.74, 6) is -1.74. The van der Waals surface area contributed by atoms with Crippen LogP contribution < -0.4 is 15.5 Å². The summed E-state index contributed by atoms with van der Waals surface area (Å²) in [5, 5.41) is 6.56. The summed E-state index contributed by atoms with van der Waals surface area (Å²) in [7, 11) is 0. The highest BCUT2D eigenvalue weighted by atomic mass is 35.5. The van der Waals surface area contributed by atoms with Gasteiger partial charge in [0.2, 0.25) is 0 Å². The molecule has 2 heterocycles. The van der Waals surface area contributed by atoms with Gasteiger partial charge in [-0.05, 0) is 72.3 Å². The van der Waals surface area contributed by atoms with Gasteiger partial charge in [0.15, 0.2) is 17.3 Å². The van der Waals surface area contributed by atoms with E-state index in [0.29, 0.717) is 32.7 Å². The van der Waals surface area contributed by atoms with Crippen molar-refractivity contribution in [3.05, 3.63) is 118 Å². The number of benzene rings is 4. The number of rotatable bonds is 8. The number of epoxide rings is 1. The average molecular weight is 636 g/mol. The van der Waals surface area contributed by atoms with E-state index in [1.165, 1.54) is 34.4 Å². The van der Waals surface area contributed by atoms with E-state index < -0.39 is 29.8 Å². The lowest BCUT2D eigenvalue weighted by molar-refractivity contribution is -0.120. The van der Waals surface area contributed by atoms with Gasteiger partial charge in [-0.15, -0.1) is 0 Å². The smallest absolute Gasteiger partial charge is 0.259 e. The number of carbonyl (C=O) groups excluding carboxylic acids is 3. The lowest BCUT2D eigenvalue weighted by atomic mass is 10.1. The number of nitrogens with one attached hydrogen (secondary N) is 2. The molecular weight excluding hydrogens is 614 g/mol. The SMILES string of the molecule is O=C(Nc1nc2ccccc2s1)c1ccc(N(Cc2ccc(F)cc2)C(=O)C2OC2C(=O)Nc2ccc(Cl)c(Cl)c2)cc1. The number of carbonyl (C=O) groups is 3. The Balaban J connectivity index is 1.18. The summed E-state index contributed by atoms with van der Waals surface area (Å²) in [6.07, 6.45) is -2.05. The fourth-order valence-corrected chi connectivity index (χ4v) is 5.56. The van der Waals surface area contributed by atoms with Crippen LogP contribution in [0.25, 0.3) is 10.2 Å². The fourth-order valence-electron chi connectivity index (χ4n) is 4.40. The van der Waals surface area contributed by atoms with Gasteiger partial charge < -0.3 is 15.0 Å². The standard InChI is InChI=1S/C31H21Cl2FN4O4S/c32-22-14-11-20(15-23(22)33)35-29(40)26-27(42-26)30(41)38(16-17-5-9-19(34)10-6-17)21-12-7-18(8-13-21)28(39)37-31-36-24-3-1-2-4-25(24)43-31/h1-15,26-27H,16H2,(H,35,40)(H,36,37,39). The minimum Gasteiger partial charge on any atom is -0.349 e. The lowest BCUT2D eigenvalue weighted by Crippen LogP contribution is -2.36. The summed E-state index contributed by atoms with van der Waals surface area (Å²) >= 11 is 13.3. The number of hydrogen-bond acceptors (Lipinski definition) is 6. The second kappa shape index (κ2) is 12.1. The molecule has 0 aliphatic carbocycles. The molecule has 0 saturated carbocycles. The Morgan fingerprint density at radius 1 is 0.884 bits per heavy atom. The Labute approximate surface area is 259 Å². The van der Waals surface area contributed by atoms with Crippen LogP contribution >= 0.6 is 34.5 Å². The number of fused-ring (bicyclic) bond motifs is 1. The topological polar surface area (TPSA) is 104 Å². The summed E-state index contributed by atoms with van der Waals surface area (Å²) < 4.78 is 20.0. The van der Waals surface area contributed by atoms with Gasteiger partial charge in [-0.1, -0.05) is 58.8 Å². The van der Waals surface area contributed by atoms with Crippen molar-refractivity contribution in [2.45, 2.75) is 18.8 Å². The van der Waals surface area contributed by atoms with Crippen LogP contribution in [0.2, 0.25) is 10.0 Å². The molecule has 216 valence electrons. The summed E-state index contributed by atoms with van der Waals surface area (Å²) in [5.41, 5.74) is 2.68. The van der Waals surface area contributed by atoms with Gasteiger partial charge in [-0.25, -0.2) is 9.37 Å². The highest BCUT2D eigenvalue weighted by molar-refractivity contribution is 7.22. The van der Waals surface area contributed by atoms with Gasteiger partial charge >= 0.3 is 0 Å². The molecule has 0 bridgehead atoms. The number of halogens is 3. The predicted octanol–water partition coefficient (Wildman–Crippen LogP) is 6.93. The third kappa shape index (κ3) is 6.52. The van der Waals surface area contributed by atoms with Crippen molar-refractivity contribution in [3.63, 3.8) is 0 Å². The molecular formula is C31H21Cl2FN4O4S.